The molecule has 0 aliphatic carbocycles. The Kier molecular flexibility index (Phi) is 7.35. The summed E-state index contributed by atoms with van der Waals surface area (Å²) < 4.78 is 4.65. The van der Waals surface area contributed by atoms with Crippen LogP contribution < -0.4 is 9.81 Å². The molecule has 26 heavy (non-hydrogen) atoms. The van der Waals surface area contributed by atoms with Gasteiger partial charge in [-0.3, -0.25) is 0 Å². The van der Waals surface area contributed by atoms with E-state index in [4.69, 9.17) is 15.0 Å². The van der Waals surface area contributed by atoms with E-state index in [9.17, 15) is 0 Å². The molecule has 3 nitrogen and oxygen atoms in total. The molecule has 2 N–H and O–H groups in total. The van der Waals surface area contributed by atoms with Gasteiger partial charge in [0.2, 0.25) is 0 Å². The van der Waals surface area contributed by atoms with Crippen LogP contribution >= 0.6 is 0 Å². The van der Waals surface area contributed by atoms with Crippen LogP contribution in [-0.2, 0) is 0 Å². The van der Waals surface area contributed by atoms with Crippen LogP contribution in [0.15, 0.2) is 72.8 Å². The molecule has 0 bridgehead atoms. The molecular weight excluding hydrogens is 521 g/mol. The van der Waals surface area contributed by atoms with Crippen molar-refractivity contribution >= 4 is 37.7 Å². The second kappa shape index (κ2) is 9.49. The molecule has 0 spiro atoms. The zero-order valence-electron chi connectivity index (χ0n) is 15.2. The molecule has 0 atom stereocenters. The fourth-order valence-electron chi connectivity index (χ4n) is 2.53. The molecule has 0 saturated carbocycles. The maximum Gasteiger partial charge on any atom is 0.503 e. The van der Waals surface area contributed by atoms with Crippen LogP contribution in [0.1, 0.15) is 16.7 Å². The molecule has 0 aliphatic rings. The molecule has 0 aromatic heterocycles. The fourth-order valence-corrected chi connectivity index (χ4v) is 11.2. The largest absolute Gasteiger partial charge is 0.503 e. The van der Waals surface area contributed by atoms with Gasteiger partial charge in [-0.25, -0.2) is 4.79 Å². The van der Waals surface area contributed by atoms with Crippen LogP contribution in [0, 0.1) is 20.8 Å². The van der Waals surface area contributed by atoms with Crippen molar-refractivity contribution in [1.29, 1.82) is 0 Å². The Morgan fingerprint density at radius 2 is 0.769 bits per heavy atom. The van der Waals surface area contributed by atoms with Crippen LogP contribution in [0.5, 0.6) is 0 Å². The van der Waals surface area contributed by atoms with Gasteiger partial charge < -0.3 is 10.2 Å². The SMILES string of the molecule is Cc1cc[c]([Bi]([c]2ccc(C)cc2)[c]2ccc(C)cc2)cc1.O=C(O)O. The summed E-state index contributed by atoms with van der Waals surface area (Å²) in [5.74, 6) is 0. The summed E-state index contributed by atoms with van der Waals surface area (Å²) in [5.41, 5.74) is 4.00. The van der Waals surface area contributed by atoms with Gasteiger partial charge in [0.05, 0.1) is 0 Å². The molecule has 3 rings (SSSR count). The Bertz CT molecular complexity index is 726. The van der Waals surface area contributed by atoms with Crippen molar-refractivity contribution in [2.45, 2.75) is 20.8 Å². The molecular formula is C22H23BiO3. The number of benzene rings is 3. The molecule has 0 fully saturated rings. The Morgan fingerprint density at radius 1 is 0.577 bits per heavy atom. The predicted molar refractivity (Wildman–Crippen MR) is 109 cm³/mol. The van der Waals surface area contributed by atoms with Crippen LogP contribution in [0.2, 0.25) is 0 Å². The van der Waals surface area contributed by atoms with Gasteiger partial charge >= 0.3 is 148 Å². The number of hydrogen-bond acceptors (Lipinski definition) is 1. The van der Waals surface area contributed by atoms with Crippen LogP contribution in [0.25, 0.3) is 0 Å². The summed E-state index contributed by atoms with van der Waals surface area (Å²) in [6.45, 7) is 6.47. The first-order valence-corrected chi connectivity index (χ1v) is 13.5. The molecule has 3 aromatic carbocycles. The van der Waals surface area contributed by atoms with Gasteiger partial charge in [0.25, 0.3) is 0 Å². The molecule has 0 aliphatic heterocycles. The number of hydrogen-bond donors (Lipinski definition) is 2. The summed E-state index contributed by atoms with van der Waals surface area (Å²) in [4.78, 5) is 8.56. The van der Waals surface area contributed by atoms with Crippen LogP contribution in [0.4, 0.5) is 4.79 Å². The standard InChI is InChI=1S/3C7H7.CH2O3.Bi/c3*1-7-5-3-2-4-6-7;2-1(3)4;/h3*3-6H,1H3;(H2,2,3,4);. The molecule has 0 unspecified atom stereocenters. The van der Waals surface area contributed by atoms with Gasteiger partial charge in [0.15, 0.2) is 0 Å². The first kappa shape index (κ1) is 20.1. The Labute approximate surface area is 162 Å². The number of rotatable bonds is 3. The summed E-state index contributed by atoms with van der Waals surface area (Å²) in [7, 11) is 0. The maximum atomic E-state index is 8.56. The average Bonchev–Trinajstić information content (AvgIpc) is 2.60. The number of carboxylic acid groups (broad SMARTS) is 2. The van der Waals surface area contributed by atoms with E-state index in [0.29, 0.717) is 0 Å². The van der Waals surface area contributed by atoms with E-state index < -0.39 is 27.9 Å². The minimum absolute atomic E-state index is 1.33. The van der Waals surface area contributed by atoms with Gasteiger partial charge in [0, 0.05) is 0 Å². The predicted octanol–water partition coefficient (Wildman–Crippen LogP) is 3.35. The minimum atomic E-state index is -2.15. The van der Waals surface area contributed by atoms with Crippen molar-refractivity contribution in [3.05, 3.63) is 89.5 Å². The molecule has 134 valence electrons. The van der Waals surface area contributed by atoms with E-state index in [2.05, 4.69) is 93.6 Å². The van der Waals surface area contributed by atoms with Crippen molar-refractivity contribution in [1.82, 2.24) is 0 Å². The summed E-state index contributed by atoms with van der Waals surface area (Å²) in [5, 5.41) is 13.9. The molecule has 0 radical (unpaired) electrons. The average molecular weight is 544 g/mol. The van der Waals surface area contributed by atoms with Gasteiger partial charge in [-0.15, -0.1) is 0 Å². The van der Waals surface area contributed by atoms with E-state index in [0.717, 1.165) is 0 Å². The molecule has 0 saturated heterocycles. The molecule has 4 heteroatoms. The Balaban J connectivity index is 0.000000552. The first-order valence-electron chi connectivity index (χ1n) is 8.29. The zero-order chi connectivity index (χ0) is 19.1. The fraction of sp³-hybridized carbons (Fsp3) is 0.136. The minimum Gasteiger partial charge on any atom is -0.450 e. The van der Waals surface area contributed by atoms with Crippen molar-refractivity contribution in [3.8, 4) is 0 Å². The summed E-state index contributed by atoms with van der Waals surface area (Å²) >= 11 is -2.15. The quantitative estimate of drug-likeness (QED) is 0.498. The number of aryl methyl sites for hydroxylation is 3. The molecule has 0 heterocycles. The summed E-state index contributed by atoms with van der Waals surface area (Å²) in [6.07, 6.45) is -1.83. The van der Waals surface area contributed by atoms with Crippen molar-refractivity contribution < 1.29 is 15.0 Å². The molecule has 0 amide bonds. The Morgan fingerprint density at radius 3 is 0.962 bits per heavy atom. The van der Waals surface area contributed by atoms with E-state index in [1.54, 1.807) is 9.81 Å². The van der Waals surface area contributed by atoms with Crippen LogP contribution in [-0.4, -0.2) is 38.1 Å². The third kappa shape index (κ3) is 5.96. The first-order chi connectivity index (χ1) is 12.4. The Hall–Kier alpha value is -2.19. The van der Waals surface area contributed by atoms with Gasteiger partial charge in [-0.05, 0) is 0 Å². The van der Waals surface area contributed by atoms with Gasteiger partial charge in [0.1, 0.15) is 0 Å². The van der Waals surface area contributed by atoms with Crippen molar-refractivity contribution in [3.63, 3.8) is 0 Å². The van der Waals surface area contributed by atoms with E-state index >= 15 is 0 Å². The third-order valence-corrected chi connectivity index (χ3v) is 13.4. The monoisotopic (exact) mass is 544 g/mol. The topological polar surface area (TPSA) is 57.5 Å². The molecule has 3 aromatic rings. The van der Waals surface area contributed by atoms with Gasteiger partial charge in [-0.1, -0.05) is 0 Å². The second-order valence-electron chi connectivity index (χ2n) is 6.12. The second-order valence-corrected chi connectivity index (χ2v) is 14.8. The normalized spacial score (nSPS) is 10.2. The maximum absolute atomic E-state index is 8.56. The van der Waals surface area contributed by atoms with Crippen LogP contribution in [0.3, 0.4) is 0 Å². The smallest absolute Gasteiger partial charge is 0.450 e. The third-order valence-electron chi connectivity index (χ3n) is 3.88. The van der Waals surface area contributed by atoms with E-state index in [1.165, 1.54) is 16.7 Å². The van der Waals surface area contributed by atoms with E-state index in [1.807, 2.05) is 0 Å². The van der Waals surface area contributed by atoms with Crippen molar-refractivity contribution in [2.75, 3.05) is 0 Å². The zero-order valence-corrected chi connectivity index (χ0v) is 18.7. The van der Waals surface area contributed by atoms with Crippen molar-refractivity contribution in [2.24, 2.45) is 0 Å². The van der Waals surface area contributed by atoms with E-state index in [-0.39, 0.29) is 0 Å². The van der Waals surface area contributed by atoms with Gasteiger partial charge in [-0.2, -0.15) is 0 Å². The number of carbonyl (C=O) groups is 1. The summed E-state index contributed by atoms with van der Waals surface area (Å²) in [6, 6.07) is 27.5.